The summed E-state index contributed by atoms with van der Waals surface area (Å²) < 4.78 is 2.08. The molecule has 108 valence electrons. The molecule has 0 unspecified atom stereocenters. The van der Waals surface area contributed by atoms with Crippen molar-refractivity contribution in [3.05, 3.63) is 47.0 Å². The van der Waals surface area contributed by atoms with E-state index in [1.165, 1.54) is 16.8 Å². The maximum atomic E-state index is 4.66. The van der Waals surface area contributed by atoms with E-state index < -0.39 is 0 Å². The fourth-order valence-corrected chi connectivity index (χ4v) is 2.29. The fraction of sp³-hybridized carbons (Fsp3) is 0.500. The van der Waals surface area contributed by atoms with Crippen LogP contribution in [0, 0.1) is 19.8 Å². The Labute approximate surface area is 121 Å². The molecule has 0 saturated heterocycles. The lowest BCUT2D eigenvalue weighted by molar-refractivity contribution is 0.550. The van der Waals surface area contributed by atoms with Crippen molar-refractivity contribution in [3.63, 3.8) is 0 Å². The van der Waals surface area contributed by atoms with Gasteiger partial charge in [0.15, 0.2) is 0 Å². The van der Waals surface area contributed by atoms with Gasteiger partial charge in [0.05, 0.1) is 12.2 Å². The number of aromatic nitrogens is 3. The van der Waals surface area contributed by atoms with E-state index in [1.807, 2.05) is 24.5 Å². The average Bonchev–Trinajstić information content (AvgIpc) is 2.67. The third kappa shape index (κ3) is 3.67. The van der Waals surface area contributed by atoms with E-state index >= 15 is 0 Å². The molecule has 4 heteroatoms. The zero-order valence-corrected chi connectivity index (χ0v) is 12.8. The molecule has 2 rings (SSSR count). The molecule has 0 aliphatic rings. The van der Waals surface area contributed by atoms with Crippen LogP contribution in [0.25, 0.3) is 0 Å². The van der Waals surface area contributed by atoms with Crippen molar-refractivity contribution in [3.8, 4) is 0 Å². The monoisotopic (exact) mass is 272 g/mol. The highest BCUT2D eigenvalue weighted by molar-refractivity contribution is 5.25. The van der Waals surface area contributed by atoms with Gasteiger partial charge in [-0.1, -0.05) is 13.8 Å². The molecule has 0 spiro atoms. The van der Waals surface area contributed by atoms with Crippen LogP contribution in [0.4, 0.5) is 0 Å². The van der Waals surface area contributed by atoms with E-state index in [9.17, 15) is 0 Å². The van der Waals surface area contributed by atoms with Gasteiger partial charge in [0, 0.05) is 30.2 Å². The Bertz CT molecular complexity index is 543. The standard InChI is InChI=1S/C16H24N4/c1-12(2)9-18-10-16-13(3)19-20(14(16)4)11-15-5-7-17-8-6-15/h5-8,12,18H,9-11H2,1-4H3. The van der Waals surface area contributed by atoms with Crippen LogP contribution < -0.4 is 5.32 Å². The molecule has 4 nitrogen and oxygen atoms in total. The van der Waals surface area contributed by atoms with Gasteiger partial charge in [0.25, 0.3) is 0 Å². The molecule has 0 amide bonds. The second kappa shape index (κ2) is 6.66. The van der Waals surface area contributed by atoms with Gasteiger partial charge >= 0.3 is 0 Å². The molecule has 2 aromatic rings. The quantitative estimate of drug-likeness (QED) is 0.879. The number of nitrogens with one attached hydrogen (secondary N) is 1. The van der Waals surface area contributed by atoms with E-state index in [0.717, 1.165) is 25.3 Å². The molecule has 20 heavy (non-hydrogen) atoms. The van der Waals surface area contributed by atoms with Crippen LogP contribution in [0.5, 0.6) is 0 Å². The summed E-state index contributed by atoms with van der Waals surface area (Å²) in [7, 11) is 0. The SMILES string of the molecule is Cc1nn(Cc2ccncc2)c(C)c1CNCC(C)C. The Kier molecular flexibility index (Phi) is 4.90. The van der Waals surface area contributed by atoms with Gasteiger partial charge in [-0.2, -0.15) is 5.10 Å². The van der Waals surface area contributed by atoms with Gasteiger partial charge in [-0.3, -0.25) is 9.67 Å². The molecule has 0 saturated carbocycles. The molecule has 0 aliphatic carbocycles. The highest BCUT2D eigenvalue weighted by Gasteiger charge is 2.11. The van der Waals surface area contributed by atoms with E-state index in [-0.39, 0.29) is 0 Å². The van der Waals surface area contributed by atoms with Gasteiger partial charge in [0.1, 0.15) is 0 Å². The van der Waals surface area contributed by atoms with E-state index in [1.54, 1.807) is 0 Å². The number of hydrogen-bond acceptors (Lipinski definition) is 3. The van der Waals surface area contributed by atoms with Crippen molar-refractivity contribution >= 4 is 0 Å². The van der Waals surface area contributed by atoms with Gasteiger partial charge in [-0.25, -0.2) is 0 Å². The smallest absolute Gasteiger partial charge is 0.0663 e. The maximum absolute atomic E-state index is 4.66. The minimum atomic E-state index is 0.669. The topological polar surface area (TPSA) is 42.7 Å². The second-order valence-electron chi connectivity index (χ2n) is 5.69. The van der Waals surface area contributed by atoms with Crippen molar-refractivity contribution in [2.75, 3.05) is 6.54 Å². The van der Waals surface area contributed by atoms with Gasteiger partial charge in [0.2, 0.25) is 0 Å². The summed E-state index contributed by atoms with van der Waals surface area (Å²) in [4.78, 5) is 4.05. The third-order valence-electron chi connectivity index (χ3n) is 3.47. The van der Waals surface area contributed by atoms with Crippen LogP contribution in [0.2, 0.25) is 0 Å². The molecule has 0 aromatic carbocycles. The third-order valence-corrected chi connectivity index (χ3v) is 3.47. The largest absolute Gasteiger partial charge is 0.312 e. The zero-order valence-electron chi connectivity index (χ0n) is 12.8. The minimum absolute atomic E-state index is 0.669. The molecule has 0 fully saturated rings. The highest BCUT2D eigenvalue weighted by Crippen LogP contribution is 2.14. The van der Waals surface area contributed by atoms with Crippen LogP contribution in [0.3, 0.4) is 0 Å². The Morgan fingerprint density at radius 2 is 1.90 bits per heavy atom. The average molecular weight is 272 g/mol. The Morgan fingerprint density at radius 1 is 1.20 bits per heavy atom. The molecular weight excluding hydrogens is 248 g/mol. The van der Waals surface area contributed by atoms with Crippen molar-refractivity contribution in [1.82, 2.24) is 20.1 Å². The highest BCUT2D eigenvalue weighted by atomic mass is 15.3. The molecule has 0 atom stereocenters. The lowest BCUT2D eigenvalue weighted by atomic mass is 10.1. The molecule has 2 heterocycles. The minimum Gasteiger partial charge on any atom is -0.312 e. The van der Waals surface area contributed by atoms with E-state index in [0.29, 0.717) is 5.92 Å². The maximum Gasteiger partial charge on any atom is 0.0663 e. The molecule has 1 N–H and O–H groups in total. The summed E-state index contributed by atoms with van der Waals surface area (Å²) in [6.45, 7) is 11.4. The lowest BCUT2D eigenvalue weighted by Crippen LogP contribution is -2.19. The molecule has 0 bridgehead atoms. The van der Waals surface area contributed by atoms with Crippen molar-refractivity contribution in [2.45, 2.75) is 40.8 Å². The van der Waals surface area contributed by atoms with Crippen LogP contribution in [0.1, 0.15) is 36.4 Å². The van der Waals surface area contributed by atoms with Gasteiger partial charge in [-0.05, 0) is 44.0 Å². The molecule has 0 radical (unpaired) electrons. The normalized spacial score (nSPS) is 11.2. The van der Waals surface area contributed by atoms with Gasteiger partial charge < -0.3 is 5.32 Å². The predicted molar refractivity (Wildman–Crippen MR) is 81.6 cm³/mol. The summed E-state index contributed by atoms with van der Waals surface area (Å²) in [5, 5.41) is 8.16. The Hall–Kier alpha value is -1.68. The van der Waals surface area contributed by atoms with E-state index in [4.69, 9.17) is 0 Å². The molecule has 0 aliphatic heterocycles. The summed E-state index contributed by atoms with van der Waals surface area (Å²) >= 11 is 0. The first-order valence-corrected chi connectivity index (χ1v) is 7.20. The van der Waals surface area contributed by atoms with Crippen molar-refractivity contribution < 1.29 is 0 Å². The number of pyridine rings is 1. The second-order valence-corrected chi connectivity index (χ2v) is 5.69. The lowest BCUT2D eigenvalue weighted by Gasteiger charge is -2.08. The summed E-state index contributed by atoms with van der Waals surface area (Å²) in [5.41, 5.74) is 4.91. The van der Waals surface area contributed by atoms with Crippen LogP contribution in [0.15, 0.2) is 24.5 Å². The van der Waals surface area contributed by atoms with Crippen LogP contribution in [-0.4, -0.2) is 21.3 Å². The fourth-order valence-electron chi connectivity index (χ4n) is 2.29. The Morgan fingerprint density at radius 3 is 2.55 bits per heavy atom. The van der Waals surface area contributed by atoms with Crippen LogP contribution >= 0.6 is 0 Å². The van der Waals surface area contributed by atoms with E-state index in [2.05, 4.69) is 47.8 Å². The summed E-state index contributed by atoms with van der Waals surface area (Å²) in [6.07, 6.45) is 3.65. The molecular formula is C16H24N4. The number of hydrogen-bond donors (Lipinski definition) is 1. The van der Waals surface area contributed by atoms with Crippen molar-refractivity contribution in [1.29, 1.82) is 0 Å². The number of nitrogens with zero attached hydrogens (tertiary/aromatic N) is 3. The first-order chi connectivity index (χ1) is 9.58. The van der Waals surface area contributed by atoms with Crippen LogP contribution in [-0.2, 0) is 13.1 Å². The van der Waals surface area contributed by atoms with Crippen molar-refractivity contribution in [2.24, 2.45) is 5.92 Å². The first-order valence-electron chi connectivity index (χ1n) is 7.20. The zero-order chi connectivity index (χ0) is 14.5. The predicted octanol–water partition coefficient (Wildman–Crippen LogP) is 2.69. The Balaban J connectivity index is 2.08. The number of rotatable bonds is 6. The summed E-state index contributed by atoms with van der Waals surface area (Å²) in [6, 6.07) is 4.07. The molecule has 2 aromatic heterocycles. The van der Waals surface area contributed by atoms with Gasteiger partial charge in [-0.15, -0.1) is 0 Å². The summed E-state index contributed by atoms with van der Waals surface area (Å²) in [5.74, 6) is 0.669. The first kappa shape index (κ1) is 14.7. The number of aryl methyl sites for hydroxylation is 1.